The lowest BCUT2D eigenvalue weighted by molar-refractivity contribution is -0.136. The third kappa shape index (κ3) is 4.23. The predicted molar refractivity (Wildman–Crippen MR) is 114 cm³/mol. The van der Waals surface area contributed by atoms with Crippen LogP contribution in [0.3, 0.4) is 0 Å². The van der Waals surface area contributed by atoms with Crippen molar-refractivity contribution >= 4 is 40.2 Å². The van der Waals surface area contributed by atoms with Crippen molar-refractivity contribution in [3.63, 3.8) is 0 Å². The van der Waals surface area contributed by atoms with E-state index >= 15 is 0 Å². The normalized spacial score (nSPS) is 12.2. The number of aryl methyl sites for hydroxylation is 1. The first-order chi connectivity index (χ1) is 13.4. The number of aromatic nitrogens is 2. The molecule has 1 unspecified atom stereocenters. The van der Waals surface area contributed by atoms with Gasteiger partial charge in [0.2, 0.25) is 0 Å². The number of hydrogen-bond donors (Lipinski definition) is 1. The molecule has 0 aliphatic heterocycles. The van der Waals surface area contributed by atoms with Crippen LogP contribution in [-0.4, -0.2) is 25.9 Å². The van der Waals surface area contributed by atoms with Gasteiger partial charge in [0.25, 0.3) is 5.56 Å². The average molecular weight is 417 g/mol. The fourth-order valence-electron chi connectivity index (χ4n) is 3.00. The van der Waals surface area contributed by atoms with Crippen LogP contribution in [0.5, 0.6) is 0 Å². The third-order valence-corrected chi connectivity index (χ3v) is 5.92. The molecule has 28 heavy (non-hydrogen) atoms. The molecule has 0 radical (unpaired) electrons. The highest BCUT2D eigenvalue weighted by molar-refractivity contribution is 8.00. The van der Waals surface area contributed by atoms with Crippen LogP contribution in [0.2, 0.25) is 5.02 Å². The fraction of sp³-hybridized carbons (Fsp3) is 0.286. The van der Waals surface area contributed by atoms with Gasteiger partial charge < -0.3 is 5.11 Å². The first-order valence-corrected chi connectivity index (χ1v) is 10.4. The summed E-state index contributed by atoms with van der Waals surface area (Å²) >= 11 is 7.24. The summed E-state index contributed by atoms with van der Waals surface area (Å²) in [5.74, 6) is -0.907. The van der Waals surface area contributed by atoms with Crippen molar-refractivity contribution in [2.24, 2.45) is 0 Å². The summed E-state index contributed by atoms with van der Waals surface area (Å²) in [7, 11) is 0. The molecule has 1 N–H and O–H groups in total. The predicted octanol–water partition coefficient (Wildman–Crippen LogP) is 5.08. The summed E-state index contributed by atoms with van der Waals surface area (Å²) in [6.45, 7) is 3.90. The number of rotatable bonds is 7. The summed E-state index contributed by atoms with van der Waals surface area (Å²) < 4.78 is 1.46. The number of unbranched alkanes of at least 4 members (excludes halogenated alkanes) is 1. The molecule has 0 spiro atoms. The number of carbonyl (C=O) groups is 1. The Morgan fingerprint density at radius 2 is 2.04 bits per heavy atom. The van der Waals surface area contributed by atoms with Crippen molar-refractivity contribution < 1.29 is 9.90 Å². The van der Waals surface area contributed by atoms with E-state index in [4.69, 9.17) is 16.6 Å². The molecular formula is C21H21ClN2O3S. The van der Waals surface area contributed by atoms with Crippen LogP contribution in [-0.2, 0) is 4.79 Å². The SMILES string of the molecule is CCCCC(Sc1nc2c(C)cccc2c(=O)n1-c1cccc(Cl)c1)C(=O)O. The Balaban J connectivity index is 2.24. The van der Waals surface area contributed by atoms with E-state index in [1.54, 1.807) is 30.3 Å². The lowest BCUT2D eigenvalue weighted by Crippen LogP contribution is -2.24. The highest BCUT2D eigenvalue weighted by Gasteiger charge is 2.23. The van der Waals surface area contributed by atoms with Crippen molar-refractivity contribution in [2.45, 2.75) is 43.5 Å². The maximum Gasteiger partial charge on any atom is 0.317 e. The maximum absolute atomic E-state index is 13.3. The maximum atomic E-state index is 13.3. The molecular weight excluding hydrogens is 396 g/mol. The molecule has 0 amide bonds. The van der Waals surface area contributed by atoms with Crippen LogP contribution >= 0.6 is 23.4 Å². The number of para-hydroxylation sites is 1. The molecule has 1 heterocycles. The van der Waals surface area contributed by atoms with E-state index in [1.807, 2.05) is 26.0 Å². The minimum absolute atomic E-state index is 0.238. The fourth-order valence-corrected chi connectivity index (χ4v) is 4.27. The van der Waals surface area contributed by atoms with E-state index in [1.165, 1.54) is 4.57 Å². The summed E-state index contributed by atoms with van der Waals surface area (Å²) in [5.41, 5.74) is 1.79. The summed E-state index contributed by atoms with van der Waals surface area (Å²) in [6, 6.07) is 12.4. The lowest BCUT2D eigenvalue weighted by Gasteiger charge is -2.17. The van der Waals surface area contributed by atoms with Gasteiger partial charge >= 0.3 is 5.97 Å². The Kier molecular flexibility index (Phi) is 6.42. The standard InChI is InChI=1S/C21H21ClN2O3S/c1-3-4-11-17(20(26)27)28-21-23-18-13(2)7-5-10-16(18)19(25)24(21)15-9-6-8-14(22)12-15/h5-10,12,17H,3-4,11H2,1-2H3,(H,26,27). The molecule has 1 atom stereocenters. The molecule has 0 bridgehead atoms. The molecule has 0 fully saturated rings. The molecule has 3 rings (SSSR count). The van der Waals surface area contributed by atoms with Crippen molar-refractivity contribution in [2.75, 3.05) is 0 Å². The number of aliphatic carboxylic acids is 1. The number of hydrogen-bond acceptors (Lipinski definition) is 4. The highest BCUT2D eigenvalue weighted by Crippen LogP contribution is 2.29. The number of halogens is 1. The lowest BCUT2D eigenvalue weighted by atomic mass is 10.1. The number of fused-ring (bicyclic) bond motifs is 1. The number of thioether (sulfide) groups is 1. The van der Waals surface area contributed by atoms with Crippen LogP contribution in [0.25, 0.3) is 16.6 Å². The van der Waals surface area contributed by atoms with E-state index in [9.17, 15) is 14.7 Å². The molecule has 0 aliphatic rings. The number of carboxylic acid groups (broad SMARTS) is 1. The van der Waals surface area contributed by atoms with E-state index in [0.29, 0.717) is 33.2 Å². The molecule has 0 aliphatic carbocycles. The van der Waals surface area contributed by atoms with Gasteiger partial charge in [0, 0.05) is 5.02 Å². The minimum atomic E-state index is -0.907. The van der Waals surface area contributed by atoms with Crippen LogP contribution < -0.4 is 5.56 Å². The Morgan fingerprint density at radius 1 is 1.29 bits per heavy atom. The first-order valence-electron chi connectivity index (χ1n) is 9.10. The average Bonchev–Trinajstić information content (AvgIpc) is 2.66. The Bertz CT molecular complexity index is 1080. The molecule has 0 saturated heterocycles. The smallest absolute Gasteiger partial charge is 0.317 e. The summed E-state index contributed by atoms with van der Waals surface area (Å²) in [4.78, 5) is 29.8. The highest BCUT2D eigenvalue weighted by atomic mass is 35.5. The first kappa shape index (κ1) is 20.4. The van der Waals surface area contributed by atoms with Crippen molar-refractivity contribution in [3.8, 4) is 5.69 Å². The molecule has 2 aromatic carbocycles. The summed E-state index contributed by atoms with van der Waals surface area (Å²) in [6.07, 6.45) is 2.20. The van der Waals surface area contributed by atoms with Gasteiger partial charge in [-0.2, -0.15) is 0 Å². The van der Waals surface area contributed by atoms with Gasteiger partial charge in [0.15, 0.2) is 5.16 Å². The quantitative estimate of drug-likeness (QED) is 0.429. The van der Waals surface area contributed by atoms with E-state index < -0.39 is 11.2 Å². The second kappa shape index (κ2) is 8.80. The molecule has 7 heteroatoms. The van der Waals surface area contributed by atoms with E-state index in [2.05, 4.69) is 0 Å². The number of nitrogens with zero attached hydrogens (tertiary/aromatic N) is 2. The van der Waals surface area contributed by atoms with E-state index in [0.717, 1.165) is 30.2 Å². The number of carboxylic acids is 1. The van der Waals surface area contributed by atoms with Crippen LogP contribution in [0, 0.1) is 6.92 Å². The van der Waals surface area contributed by atoms with Crippen molar-refractivity contribution in [1.82, 2.24) is 9.55 Å². The molecule has 0 saturated carbocycles. The van der Waals surface area contributed by atoms with Gasteiger partial charge in [0.05, 0.1) is 16.6 Å². The molecule has 5 nitrogen and oxygen atoms in total. The second-order valence-electron chi connectivity index (χ2n) is 6.57. The topological polar surface area (TPSA) is 72.2 Å². The van der Waals surface area contributed by atoms with Gasteiger partial charge in [0.1, 0.15) is 5.25 Å². The van der Waals surface area contributed by atoms with Crippen LogP contribution in [0.15, 0.2) is 52.4 Å². The Hall–Kier alpha value is -2.31. The van der Waals surface area contributed by atoms with Gasteiger partial charge in [-0.3, -0.25) is 14.2 Å². The van der Waals surface area contributed by atoms with Gasteiger partial charge in [-0.1, -0.05) is 61.3 Å². The largest absolute Gasteiger partial charge is 0.480 e. The zero-order valence-corrected chi connectivity index (χ0v) is 17.3. The zero-order valence-electron chi connectivity index (χ0n) is 15.7. The van der Waals surface area contributed by atoms with Crippen LogP contribution in [0.4, 0.5) is 0 Å². The summed E-state index contributed by atoms with van der Waals surface area (Å²) in [5, 5.41) is 10.3. The molecule has 146 valence electrons. The minimum Gasteiger partial charge on any atom is -0.480 e. The van der Waals surface area contributed by atoms with Gasteiger partial charge in [-0.05, 0) is 43.2 Å². The van der Waals surface area contributed by atoms with Crippen LogP contribution in [0.1, 0.15) is 31.7 Å². The zero-order chi connectivity index (χ0) is 20.3. The van der Waals surface area contributed by atoms with Gasteiger partial charge in [-0.15, -0.1) is 0 Å². The molecule has 1 aromatic heterocycles. The van der Waals surface area contributed by atoms with Gasteiger partial charge in [-0.25, -0.2) is 4.98 Å². The number of benzene rings is 2. The molecule has 3 aromatic rings. The van der Waals surface area contributed by atoms with Crippen molar-refractivity contribution in [3.05, 3.63) is 63.4 Å². The van der Waals surface area contributed by atoms with Crippen molar-refractivity contribution in [1.29, 1.82) is 0 Å². The second-order valence-corrected chi connectivity index (χ2v) is 8.18. The third-order valence-electron chi connectivity index (χ3n) is 4.48. The monoisotopic (exact) mass is 416 g/mol. The Morgan fingerprint density at radius 3 is 2.71 bits per heavy atom. The van der Waals surface area contributed by atoms with E-state index in [-0.39, 0.29) is 5.56 Å². The Labute approximate surface area is 172 Å².